The van der Waals surface area contributed by atoms with Gasteiger partial charge < -0.3 is 0 Å². The number of thioether (sulfide) groups is 1. The summed E-state index contributed by atoms with van der Waals surface area (Å²) in [6.45, 7) is 8.65. The van der Waals surface area contributed by atoms with Crippen LogP contribution in [0.1, 0.15) is 43.4 Å². The van der Waals surface area contributed by atoms with Crippen LogP contribution in [0, 0.1) is 13.8 Å². The van der Waals surface area contributed by atoms with Gasteiger partial charge in [0.15, 0.2) is 0 Å². The van der Waals surface area contributed by atoms with Crippen LogP contribution < -0.4 is 0 Å². The number of hydrogen-bond donors (Lipinski definition) is 0. The lowest BCUT2D eigenvalue weighted by molar-refractivity contribution is -0.136. The van der Waals surface area contributed by atoms with E-state index in [0.29, 0.717) is 17.0 Å². The van der Waals surface area contributed by atoms with Gasteiger partial charge in [0, 0.05) is 6.54 Å². The minimum absolute atomic E-state index is 0.126. The van der Waals surface area contributed by atoms with Gasteiger partial charge in [-0.15, -0.1) is 11.8 Å². The van der Waals surface area contributed by atoms with Crippen molar-refractivity contribution in [1.82, 2.24) is 4.90 Å². The zero-order valence-electron chi connectivity index (χ0n) is 13.7. The molecule has 118 valence electrons. The lowest BCUT2D eigenvalue weighted by atomic mass is 10.0. The molecule has 0 saturated carbocycles. The monoisotopic (exact) mass is 317 g/mol. The van der Waals surface area contributed by atoms with Gasteiger partial charge in [-0.3, -0.25) is 14.5 Å². The van der Waals surface area contributed by atoms with E-state index in [1.54, 1.807) is 0 Å². The van der Waals surface area contributed by atoms with Crippen LogP contribution in [0.4, 0.5) is 0 Å². The maximum absolute atomic E-state index is 12.7. The first-order valence-corrected chi connectivity index (χ1v) is 8.80. The number of rotatable bonds is 6. The Morgan fingerprint density at radius 2 is 1.77 bits per heavy atom. The summed E-state index contributed by atoms with van der Waals surface area (Å²) >= 11 is 1.47. The smallest absolute Gasteiger partial charge is 0.267 e. The third-order valence-electron chi connectivity index (χ3n) is 3.95. The number of imide groups is 1. The highest BCUT2D eigenvalue weighted by Gasteiger charge is 2.38. The highest BCUT2D eigenvalue weighted by Crippen LogP contribution is 2.36. The maximum Gasteiger partial charge on any atom is 0.267 e. The zero-order valence-corrected chi connectivity index (χ0v) is 14.5. The van der Waals surface area contributed by atoms with E-state index < -0.39 is 0 Å². The molecule has 4 heteroatoms. The third kappa shape index (κ3) is 3.12. The number of unbranched alkanes of at least 4 members (excludes halogenated alkanes) is 1. The van der Waals surface area contributed by atoms with E-state index in [9.17, 15) is 9.59 Å². The molecule has 0 radical (unpaired) electrons. The van der Waals surface area contributed by atoms with E-state index in [0.717, 1.165) is 29.7 Å². The van der Waals surface area contributed by atoms with Crippen molar-refractivity contribution in [2.45, 2.75) is 40.5 Å². The number of amides is 2. The van der Waals surface area contributed by atoms with E-state index in [-0.39, 0.29) is 11.8 Å². The normalized spacial score (nSPS) is 15.2. The average molecular weight is 317 g/mol. The number of aryl methyl sites for hydroxylation is 2. The number of nitrogens with zero attached hydrogens (tertiary/aromatic N) is 1. The van der Waals surface area contributed by atoms with Crippen molar-refractivity contribution in [2.24, 2.45) is 0 Å². The molecule has 1 aromatic rings. The second kappa shape index (κ2) is 7.14. The van der Waals surface area contributed by atoms with Gasteiger partial charge in [-0.1, -0.05) is 38.5 Å². The van der Waals surface area contributed by atoms with Crippen molar-refractivity contribution in [3.63, 3.8) is 0 Å². The molecule has 1 aliphatic heterocycles. The molecular formula is C18H23NO2S. The molecule has 22 heavy (non-hydrogen) atoms. The van der Waals surface area contributed by atoms with Crippen LogP contribution in [0.2, 0.25) is 0 Å². The zero-order chi connectivity index (χ0) is 16.3. The number of carbonyl (C=O) groups is 2. The first-order valence-electron chi connectivity index (χ1n) is 7.82. The van der Waals surface area contributed by atoms with Crippen molar-refractivity contribution >= 4 is 29.1 Å². The first-order chi connectivity index (χ1) is 10.5. The molecule has 0 bridgehead atoms. The van der Waals surface area contributed by atoms with Gasteiger partial charge in [-0.25, -0.2) is 0 Å². The molecule has 2 amide bonds. The summed E-state index contributed by atoms with van der Waals surface area (Å²) in [5.74, 6) is 0.515. The Balaban J connectivity index is 2.45. The second-order valence-corrected chi connectivity index (χ2v) is 6.83. The van der Waals surface area contributed by atoms with Gasteiger partial charge in [-0.2, -0.15) is 0 Å². The quantitative estimate of drug-likeness (QED) is 0.746. The molecule has 0 atom stereocenters. The Kier molecular flexibility index (Phi) is 5.46. The molecular weight excluding hydrogens is 294 g/mol. The van der Waals surface area contributed by atoms with Crippen LogP contribution in [0.3, 0.4) is 0 Å². The topological polar surface area (TPSA) is 37.4 Å². The van der Waals surface area contributed by atoms with Crippen molar-refractivity contribution in [3.05, 3.63) is 39.8 Å². The molecule has 0 unspecified atom stereocenters. The standard InChI is InChI=1S/C18H23NO2S/c1-5-7-10-19-17(20)15(16(18(19)21)22-6-2)14-9-8-12(3)13(4)11-14/h8-9,11H,5-7,10H2,1-4H3. The van der Waals surface area contributed by atoms with Crippen molar-refractivity contribution in [3.8, 4) is 0 Å². The SMILES string of the molecule is CCCCN1C(=O)C(SCC)=C(c2ccc(C)c(C)c2)C1=O. The van der Waals surface area contributed by atoms with E-state index in [2.05, 4.69) is 6.92 Å². The Hall–Kier alpha value is -1.55. The average Bonchev–Trinajstić information content (AvgIpc) is 2.72. The van der Waals surface area contributed by atoms with Gasteiger partial charge >= 0.3 is 0 Å². The molecule has 0 N–H and O–H groups in total. The molecule has 3 nitrogen and oxygen atoms in total. The highest BCUT2D eigenvalue weighted by atomic mass is 32.2. The Morgan fingerprint density at radius 3 is 2.36 bits per heavy atom. The molecule has 0 aromatic heterocycles. The predicted molar refractivity (Wildman–Crippen MR) is 92.6 cm³/mol. The summed E-state index contributed by atoms with van der Waals surface area (Å²) in [5, 5.41) is 0. The van der Waals surface area contributed by atoms with Crippen molar-refractivity contribution in [2.75, 3.05) is 12.3 Å². The summed E-state index contributed by atoms with van der Waals surface area (Å²) in [4.78, 5) is 27.3. The van der Waals surface area contributed by atoms with Crippen molar-refractivity contribution in [1.29, 1.82) is 0 Å². The molecule has 0 saturated heterocycles. The van der Waals surface area contributed by atoms with E-state index in [4.69, 9.17) is 0 Å². The number of benzene rings is 1. The number of carbonyl (C=O) groups excluding carboxylic acids is 2. The lowest BCUT2D eigenvalue weighted by Crippen LogP contribution is -2.32. The van der Waals surface area contributed by atoms with Crippen LogP contribution in [-0.4, -0.2) is 29.0 Å². The summed E-state index contributed by atoms with van der Waals surface area (Å²) in [5.41, 5.74) is 3.76. The van der Waals surface area contributed by atoms with Crippen LogP contribution in [0.15, 0.2) is 23.1 Å². The second-order valence-electron chi connectivity index (χ2n) is 5.55. The molecule has 2 rings (SSSR count). The fraction of sp³-hybridized carbons (Fsp3) is 0.444. The predicted octanol–water partition coefficient (Wildman–Crippen LogP) is 3.94. The number of hydrogen-bond acceptors (Lipinski definition) is 3. The first kappa shape index (κ1) is 16.8. The Labute approximate surface area is 136 Å². The minimum Gasteiger partial charge on any atom is -0.274 e. The molecule has 0 aliphatic carbocycles. The summed E-state index contributed by atoms with van der Waals surface area (Å²) in [6.07, 6.45) is 1.81. The largest absolute Gasteiger partial charge is 0.274 e. The summed E-state index contributed by atoms with van der Waals surface area (Å²) in [7, 11) is 0. The van der Waals surface area contributed by atoms with Crippen LogP contribution in [-0.2, 0) is 9.59 Å². The minimum atomic E-state index is -0.141. The highest BCUT2D eigenvalue weighted by molar-refractivity contribution is 8.04. The lowest BCUT2D eigenvalue weighted by Gasteiger charge is -2.14. The van der Waals surface area contributed by atoms with Gasteiger partial charge in [0.2, 0.25) is 0 Å². The maximum atomic E-state index is 12.7. The van der Waals surface area contributed by atoms with Gasteiger partial charge in [-0.05, 0) is 42.7 Å². The van der Waals surface area contributed by atoms with Crippen LogP contribution in [0.5, 0.6) is 0 Å². The fourth-order valence-electron chi connectivity index (χ4n) is 2.50. The molecule has 1 aliphatic rings. The van der Waals surface area contributed by atoms with Gasteiger partial charge in [0.05, 0.1) is 10.5 Å². The Morgan fingerprint density at radius 1 is 1.05 bits per heavy atom. The molecule has 0 fully saturated rings. The van der Waals surface area contributed by atoms with Crippen molar-refractivity contribution < 1.29 is 9.59 Å². The summed E-state index contributed by atoms with van der Waals surface area (Å²) in [6, 6.07) is 5.97. The van der Waals surface area contributed by atoms with Gasteiger partial charge in [0.25, 0.3) is 11.8 Å². The van der Waals surface area contributed by atoms with Crippen LogP contribution in [0.25, 0.3) is 5.57 Å². The van der Waals surface area contributed by atoms with Crippen LogP contribution >= 0.6 is 11.8 Å². The van der Waals surface area contributed by atoms with E-state index in [1.165, 1.54) is 22.2 Å². The third-order valence-corrected chi connectivity index (χ3v) is 4.90. The van der Waals surface area contributed by atoms with E-state index in [1.807, 2.05) is 39.0 Å². The molecule has 0 spiro atoms. The van der Waals surface area contributed by atoms with Gasteiger partial charge in [0.1, 0.15) is 0 Å². The van der Waals surface area contributed by atoms with E-state index >= 15 is 0 Å². The Bertz CT molecular complexity index is 634. The fourth-order valence-corrected chi connectivity index (χ4v) is 3.37. The molecule has 1 aromatic carbocycles. The summed E-state index contributed by atoms with van der Waals surface area (Å²) < 4.78 is 0. The molecule has 1 heterocycles.